The van der Waals surface area contributed by atoms with Crippen LogP contribution in [0.25, 0.3) is 11.4 Å². The van der Waals surface area contributed by atoms with Crippen LogP contribution in [0, 0.1) is 0 Å². The zero-order valence-corrected chi connectivity index (χ0v) is 11.2. The van der Waals surface area contributed by atoms with Crippen LogP contribution in [-0.2, 0) is 0 Å². The molecule has 3 rings (SSSR count). The van der Waals surface area contributed by atoms with Crippen molar-refractivity contribution in [2.75, 3.05) is 6.54 Å². The Labute approximate surface area is 116 Å². The van der Waals surface area contributed by atoms with Crippen LogP contribution in [0.1, 0.15) is 24.8 Å². The number of hydrogen-bond acceptors (Lipinski definition) is 4. The van der Waals surface area contributed by atoms with Crippen LogP contribution in [0.4, 0.5) is 0 Å². The zero-order valence-electron chi connectivity index (χ0n) is 9.60. The van der Waals surface area contributed by atoms with Gasteiger partial charge in [-0.25, -0.2) is 0 Å². The Balaban J connectivity index is 0.00000120. The maximum atomic E-state index is 6.09. The average molecular weight is 286 g/mol. The van der Waals surface area contributed by atoms with Gasteiger partial charge < -0.3 is 9.84 Å². The van der Waals surface area contributed by atoms with Crippen molar-refractivity contribution < 1.29 is 4.52 Å². The second-order valence-electron chi connectivity index (χ2n) is 4.09. The summed E-state index contributed by atoms with van der Waals surface area (Å²) in [6, 6.07) is 7.69. The number of halogens is 2. The molecule has 1 saturated heterocycles. The molecular formula is C12H13Cl2N3O. The molecule has 0 amide bonds. The summed E-state index contributed by atoms with van der Waals surface area (Å²) in [5.41, 5.74) is 0.808. The van der Waals surface area contributed by atoms with E-state index in [9.17, 15) is 0 Å². The molecule has 1 aliphatic heterocycles. The quantitative estimate of drug-likeness (QED) is 0.920. The molecule has 1 fully saturated rings. The molecule has 1 atom stereocenters. The first kappa shape index (κ1) is 13.3. The average Bonchev–Trinajstić information content (AvgIpc) is 3.00. The molecular weight excluding hydrogens is 273 g/mol. The first-order chi connectivity index (χ1) is 8.34. The SMILES string of the molecule is Cl.Clc1ccccc1-c1noc([C@H]2CCCN2)n1. The minimum Gasteiger partial charge on any atom is -0.337 e. The first-order valence-electron chi connectivity index (χ1n) is 5.66. The van der Waals surface area contributed by atoms with E-state index in [-0.39, 0.29) is 18.4 Å². The van der Waals surface area contributed by atoms with Crippen LogP contribution in [0.15, 0.2) is 28.8 Å². The molecule has 4 nitrogen and oxygen atoms in total. The lowest BCUT2D eigenvalue weighted by molar-refractivity contribution is 0.345. The minimum atomic E-state index is 0. The van der Waals surface area contributed by atoms with Gasteiger partial charge in [0.2, 0.25) is 11.7 Å². The first-order valence-corrected chi connectivity index (χ1v) is 6.04. The number of hydrogen-bond donors (Lipinski definition) is 1. The lowest BCUT2D eigenvalue weighted by Gasteiger charge is -2.01. The van der Waals surface area contributed by atoms with Gasteiger partial charge in [0.15, 0.2) is 0 Å². The topological polar surface area (TPSA) is 51.0 Å². The molecule has 1 aromatic carbocycles. The standard InChI is InChI=1S/C12H12ClN3O.ClH/c13-9-5-2-1-4-8(9)11-15-12(17-16-11)10-6-3-7-14-10;/h1-2,4-5,10,14H,3,6-7H2;1H/t10-;/m1./s1. The molecule has 96 valence electrons. The highest BCUT2D eigenvalue weighted by molar-refractivity contribution is 6.33. The van der Waals surface area contributed by atoms with Gasteiger partial charge >= 0.3 is 0 Å². The third kappa shape index (κ3) is 2.51. The maximum absolute atomic E-state index is 6.09. The third-order valence-corrected chi connectivity index (χ3v) is 3.24. The Morgan fingerprint density at radius 2 is 2.17 bits per heavy atom. The van der Waals surface area contributed by atoms with Crippen LogP contribution in [0.3, 0.4) is 0 Å². The van der Waals surface area contributed by atoms with Crippen molar-refractivity contribution >= 4 is 24.0 Å². The van der Waals surface area contributed by atoms with E-state index in [0.29, 0.717) is 16.7 Å². The monoisotopic (exact) mass is 285 g/mol. The van der Waals surface area contributed by atoms with Gasteiger partial charge in [-0.3, -0.25) is 0 Å². The molecule has 0 aliphatic carbocycles. The molecule has 6 heteroatoms. The minimum absolute atomic E-state index is 0. The van der Waals surface area contributed by atoms with Gasteiger partial charge in [0.25, 0.3) is 0 Å². The molecule has 0 spiro atoms. The van der Waals surface area contributed by atoms with Crippen molar-refractivity contribution in [1.82, 2.24) is 15.5 Å². The Hall–Kier alpha value is -1.10. The second-order valence-corrected chi connectivity index (χ2v) is 4.49. The molecule has 1 aromatic heterocycles. The number of nitrogens with one attached hydrogen (secondary N) is 1. The molecule has 0 saturated carbocycles. The summed E-state index contributed by atoms with van der Waals surface area (Å²) >= 11 is 6.09. The zero-order chi connectivity index (χ0) is 11.7. The molecule has 1 N–H and O–H groups in total. The normalized spacial score (nSPS) is 18.6. The van der Waals surface area contributed by atoms with Gasteiger partial charge in [0.1, 0.15) is 0 Å². The fraction of sp³-hybridized carbons (Fsp3) is 0.333. The number of nitrogens with zero attached hydrogens (tertiary/aromatic N) is 2. The predicted molar refractivity (Wildman–Crippen MR) is 72.0 cm³/mol. The van der Waals surface area contributed by atoms with E-state index in [1.54, 1.807) is 0 Å². The summed E-state index contributed by atoms with van der Waals surface area (Å²) in [5, 5.41) is 7.94. The van der Waals surface area contributed by atoms with E-state index in [2.05, 4.69) is 15.5 Å². The predicted octanol–water partition coefficient (Wildman–Crippen LogP) is 3.24. The Morgan fingerprint density at radius 3 is 2.89 bits per heavy atom. The summed E-state index contributed by atoms with van der Waals surface area (Å²) in [7, 11) is 0. The third-order valence-electron chi connectivity index (χ3n) is 2.91. The van der Waals surface area contributed by atoms with Crippen LogP contribution >= 0.6 is 24.0 Å². The van der Waals surface area contributed by atoms with E-state index in [4.69, 9.17) is 16.1 Å². The highest BCUT2D eigenvalue weighted by Crippen LogP contribution is 2.27. The van der Waals surface area contributed by atoms with E-state index in [1.807, 2.05) is 24.3 Å². The summed E-state index contributed by atoms with van der Waals surface area (Å²) in [6.45, 7) is 1.01. The molecule has 2 aromatic rings. The number of benzene rings is 1. The maximum Gasteiger partial charge on any atom is 0.244 e. The molecule has 0 unspecified atom stereocenters. The Bertz CT molecular complexity index is 524. The fourth-order valence-corrected chi connectivity index (χ4v) is 2.24. The van der Waals surface area contributed by atoms with Crippen LogP contribution < -0.4 is 5.32 Å². The van der Waals surface area contributed by atoms with Crippen LogP contribution in [-0.4, -0.2) is 16.7 Å². The van der Waals surface area contributed by atoms with Crippen molar-refractivity contribution in [2.45, 2.75) is 18.9 Å². The van der Waals surface area contributed by atoms with Crippen molar-refractivity contribution in [3.63, 3.8) is 0 Å². The van der Waals surface area contributed by atoms with Crippen molar-refractivity contribution in [1.29, 1.82) is 0 Å². The number of rotatable bonds is 2. The Kier molecular flexibility index (Phi) is 4.22. The van der Waals surface area contributed by atoms with Crippen LogP contribution in [0.2, 0.25) is 5.02 Å². The van der Waals surface area contributed by atoms with Gasteiger partial charge in [-0.1, -0.05) is 28.9 Å². The smallest absolute Gasteiger partial charge is 0.244 e. The van der Waals surface area contributed by atoms with E-state index in [0.717, 1.165) is 24.9 Å². The molecule has 0 bridgehead atoms. The molecule has 1 aliphatic rings. The summed E-state index contributed by atoms with van der Waals surface area (Å²) in [5.74, 6) is 1.21. The van der Waals surface area contributed by atoms with E-state index < -0.39 is 0 Å². The number of aromatic nitrogens is 2. The molecule has 0 radical (unpaired) electrons. The van der Waals surface area contributed by atoms with Crippen LogP contribution in [0.5, 0.6) is 0 Å². The summed E-state index contributed by atoms with van der Waals surface area (Å²) in [6.07, 6.45) is 2.19. The lowest BCUT2D eigenvalue weighted by atomic mass is 10.2. The van der Waals surface area contributed by atoms with Crippen molar-refractivity contribution in [2.24, 2.45) is 0 Å². The summed E-state index contributed by atoms with van der Waals surface area (Å²) in [4.78, 5) is 4.40. The van der Waals surface area contributed by atoms with Gasteiger partial charge in [-0.15, -0.1) is 12.4 Å². The van der Waals surface area contributed by atoms with Gasteiger partial charge in [0.05, 0.1) is 11.1 Å². The highest BCUT2D eigenvalue weighted by atomic mass is 35.5. The fourth-order valence-electron chi connectivity index (χ4n) is 2.02. The largest absolute Gasteiger partial charge is 0.337 e. The van der Waals surface area contributed by atoms with Gasteiger partial charge in [-0.2, -0.15) is 4.98 Å². The van der Waals surface area contributed by atoms with E-state index in [1.165, 1.54) is 0 Å². The summed E-state index contributed by atoms with van der Waals surface area (Å²) < 4.78 is 5.28. The van der Waals surface area contributed by atoms with Crippen molar-refractivity contribution in [3.8, 4) is 11.4 Å². The molecule has 18 heavy (non-hydrogen) atoms. The van der Waals surface area contributed by atoms with E-state index >= 15 is 0 Å². The Morgan fingerprint density at radius 1 is 1.33 bits per heavy atom. The van der Waals surface area contributed by atoms with Gasteiger partial charge in [0, 0.05) is 5.56 Å². The second kappa shape index (κ2) is 5.69. The van der Waals surface area contributed by atoms with Gasteiger partial charge in [-0.05, 0) is 31.5 Å². The molecule has 2 heterocycles. The lowest BCUT2D eigenvalue weighted by Crippen LogP contribution is -2.12. The highest BCUT2D eigenvalue weighted by Gasteiger charge is 2.23. The van der Waals surface area contributed by atoms with Crippen molar-refractivity contribution in [3.05, 3.63) is 35.2 Å².